The van der Waals surface area contributed by atoms with Gasteiger partial charge in [0.05, 0.1) is 5.56 Å². The molecule has 2 aromatic rings. The normalized spacial score (nSPS) is 11.2. The van der Waals surface area contributed by atoms with Gasteiger partial charge >= 0.3 is 6.18 Å². The largest absolute Gasteiger partial charge is 0.484 e. The van der Waals surface area contributed by atoms with Crippen LogP contribution in [0.2, 0.25) is 0 Å². The van der Waals surface area contributed by atoms with Gasteiger partial charge in [0, 0.05) is 0 Å². The van der Waals surface area contributed by atoms with Gasteiger partial charge in [0.25, 0.3) is 5.91 Å². The fourth-order valence-electron chi connectivity index (χ4n) is 1.41. The minimum Gasteiger partial charge on any atom is -0.484 e. The maximum Gasteiger partial charge on any atom is 0.416 e. The topological polar surface area (TPSA) is 64.1 Å². The Bertz CT molecular complexity index is 643. The second kappa shape index (κ2) is 6.08. The Morgan fingerprint density at radius 2 is 2.14 bits per heavy atom. The summed E-state index contributed by atoms with van der Waals surface area (Å²) in [4.78, 5) is 11.6. The van der Waals surface area contributed by atoms with E-state index in [-0.39, 0.29) is 5.75 Å². The minimum absolute atomic E-state index is 0.0339. The molecule has 1 aromatic heterocycles. The van der Waals surface area contributed by atoms with Crippen LogP contribution in [0.1, 0.15) is 10.6 Å². The van der Waals surface area contributed by atoms with E-state index in [0.29, 0.717) is 10.1 Å². The summed E-state index contributed by atoms with van der Waals surface area (Å²) in [5.74, 6) is -0.558. The molecule has 0 aliphatic heterocycles. The van der Waals surface area contributed by atoms with Crippen molar-refractivity contribution in [1.82, 2.24) is 10.2 Å². The highest BCUT2D eigenvalue weighted by Crippen LogP contribution is 2.31. The molecule has 1 aromatic carbocycles. The third-order valence-corrected chi connectivity index (χ3v) is 3.06. The number of anilines is 1. The molecule has 1 N–H and O–H groups in total. The Morgan fingerprint density at radius 3 is 2.76 bits per heavy atom. The van der Waals surface area contributed by atoms with Crippen LogP contribution < -0.4 is 10.1 Å². The number of carbonyl (C=O) groups is 1. The van der Waals surface area contributed by atoms with E-state index in [4.69, 9.17) is 4.74 Å². The molecule has 0 saturated carbocycles. The van der Waals surface area contributed by atoms with Crippen LogP contribution in [0.4, 0.5) is 18.3 Å². The lowest BCUT2D eigenvalue weighted by Crippen LogP contribution is -2.20. The van der Waals surface area contributed by atoms with E-state index in [0.717, 1.165) is 12.1 Å². The summed E-state index contributed by atoms with van der Waals surface area (Å²) in [6.45, 7) is 1.31. The number of benzene rings is 1. The van der Waals surface area contributed by atoms with Gasteiger partial charge in [-0.1, -0.05) is 17.4 Å². The molecular weight excluding hydrogens is 307 g/mol. The molecule has 0 saturated heterocycles. The SMILES string of the molecule is Cc1nnc(NC(=O)COc2cccc(C(F)(F)F)c2)s1. The van der Waals surface area contributed by atoms with Gasteiger partial charge in [0.1, 0.15) is 10.8 Å². The molecule has 0 spiro atoms. The first-order valence-corrected chi connectivity index (χ1v) is 6.56. The van der Waals surface area contributed by atoms with Crippen molar-refractivity contribution < 1.29 is 22.7 Å². The first-order valence-electron chi connectivity index (χ1n) is 5.74. The molecule has 1 amide bonds. The number of aromatic nitrogens is 2. The number of nitrogens with zero attached hydrogens (tertiary/aromatic N) is 2. The van der Waals surface area contributed by atoms with Gasteiger partial charge in [-0.2, -0.15) is 13.2 Å². The van der Waals surface area contributed by atoms with Crippen molar-refractivity contribution in [2.24, 2.45) is 0 Å². The van der Waals surface area contributed by atoms with Crippen molar-refractivity contribution in [2.45, 2.75) is 13.1 Å². The van der Waals surface area contributed by atoms with Crippen LogP contribution in [0.25, 0.3) is 0 Å². The molecule has 5 nitrogen and oxygen atoms in total. The summed E-state index contributed by atoms with van der Waals surface area (Å²) in [7, 11) is 0. The number of nitrogens with one attached hydrogen (secondary N) is 1. The second-order valence-corrected chi connectivity index (χ2v) is 5.17. The van der Waals surface area contributed by atoms with Crippen LogP contribution in [-0.4, -0.2) is 22.7 Å². The van der Waals surface area contributed by atoms with E-state index in [1.165, 1.54) is 23.5 Å². The zero-order valence-electron chi connectivity index (χ0n) is 10.8. The van der Waals surface area contributed by atoms with Gasteiger partial charge in [-0.3, -0.25) is 10.1 Å². The van der Waals surface area contributed by atoms with Crippen LogP contribution in [-0.2, 0) is 11.0 Å². The van der Waals surface area contributed by atoms with Crippen LogP contribution >= 0.6 is 11.3 Å². The fraction of sp³-hybridized carbons (Fsp3) is 0.250. The fourth-order valence-corrected chi connectivity index (χ4v) is 2.02. The molecule has 2 rings (SSSR count). The highest BCUT2D eigenvalue weighted by Gasteiger charge is 2.30. The number of amides is 1. The lowest BCUT2D eigenvalue weighted by Gasteiger charge is -2.09. The number of hydrogen-bond acceptors (Lipinski definition) is 5. The summed E-state index contributed by atoms with van der Waals surface area (Å²) in [6.07, 6.45) is -4.45. The zero-order chi connectivity index (χ0) is 15.5. The summed E-state index contributed by atoms with van der Waals surface area (Å²) in [5.41, 5.74) is -0.833. The molecule has 9 heteroatoms. The van der Waals surface area contributed by atoms with Gasteiger partial charge in [0.2, 0.25) is 5.13 Å². The van der Waals surface area contributed by atoms with Crippen molar-refractivity contribution in [3.8, 4) is 5.75 Å². The number of ether oxygens (including phenoxy) is 1. The average molecular weight is 317 g/mol. The number of carbonyl (C=O) groups excluding carboxylic acids is 1. The number of hydrogen-bond donors (Lipinski definition) is 1. The van der Waals surface area contributed by atoms with E-state index >= 15 is 0 Å². The van der Waals surface area contributed by atoms with Crippen LogP contribution in [0.5, 0.6) is 5.75 Å². The Morgan fingerprint density at radius 1 is 1.38 bits per heavy atom. The number of alkyl halides is 3. The standard InChI is InChI=1S/C12H10F3N3O2S/c1-7-17-18-11(21-7)16-10(19)6-20-9-4-2-3-8(5-9)12(13,14)15/h2-5H,6H2,1H3,(H,16,18,19). The molecule has 1 heterocycles. The Balaban J connectivity index is 1.92. The Hall–Kier alpha value is -2.16. The van der Waals surface area contributed by atoms with Gasteiger partial charge in [-0.05, 0) is 25.1 Å². The van der Waals surface area contributed by atoms with Crippen molar-refractivity contribution >= 4 is 22.4 Å². The van der Waals surface area contributed by atoms with Crippen LogP contribution in [0.3, 0.4) is 0 Å². The molecule has 0 unspecified atom stereocenters. The predicted octanol–water partition coefficient (Wildman–Crippen LogP) is 2.88. The molecule has 0 aliphatic rings. The summed E-state index contributed by atoms with van der Waals surface area (Å²) < 4.78 is 42.6. The van der Waals surface area contributed by atoms with Crippen molar-refractivity contribution in [3.63, 3.8) is 0 Å². The lowest BCUT2D eigenvalue weighted by atomic mass is 10.2. The quantitative estimate of drug-likeness (QED) is 0.942. The average Bonchev–Trinajstić information content (AvgIpc) is 2.81. The maximum absolute atomic E-state index is 12.5. The molecule has 21 heavy (non-hydrogen) atoms. The van der Waals surface area contributed by atoms with E-state index in [9.17, 15) is 18.0 Å². The van der Waals surface area contributed by atoms with Gasteiger partial charge < -0.3 is 4.74 Å². The summed E-state index contributed by atoms with van der Waals surface area (Å²) in [5, 5.41) is 10.8. The van der Waals surface area contributed by atoms with E-state index in [1.54, 1.807) is 6.92 Å². The Labute approximate surface area is 121 Å². The smallest absolute Gasteiger partial charge is 0.416 e. The molecule has 0 atom stereocenters. The first kappa shape index (κ1) is 15.2. The predicted molar refractivity (Wildman–Crippen MR) is 70.2 cm³/mol. The summed E-state index contributed by atoms with van der Waals surface area (Å²) >= 11 is 1.19. The van der Waals surface area contributed by atoms with E-state index < -0.39 is 24.3 Å². The van der Waals surface area contributed by atoms with E-state index in [1.807, 2.05) is 0 Å². The van der Waals surface area contributed by atoms with Crippen LogP contribution in [0.15, 0.2) is 24.3 Å². The van der Waals surface area contributed by atoms with Gasteiger partial charge in [-0.15, -0.1) is 10.2 Å². The number of rotatable bonds is 4. The summed E-state index contributed by atoms with van der Waals surface area (Å²) in [6, 6.07) is 4.32. The third kappa shape index (κ3) is 4.42. The molecule has 0 radical (unpaired) electrons. The molecule has 0 fully saturated rings. The monoisotopic (exact) mass is 317 g/mol. The molecule has 0 aliphatic carbocycles. The number of aryl methyl sites for hydroxylation is 1. The number of halogens is 3. The minimum atomic E-state index is -4.45. The van der Waals surface area contributed by atoms with Gasteiger partial charge in [-0.25, -0.2) is 0 Å². The molecule has 112 valence electrons. The highest BCUT2D eigenvalue weighted by molar-refractivity contribution is 7.15. The highest BCUT2D eigenvalue weighted by atomic mass is 32.1. The molecular formula is C12H10F3N3O2S. The first-order chi connectivity index (χ1) is 9.84. The van der Waals surface area contributed by atoms with Crippen LogP contribution in [0, 0.1) is 6.92 Å². The maximum atomic E-state index is 12.5. The van der Waals surface area contributed by atoms with Crippen molar-refractivity contribution in [1.29, 1.82) is 0 Å². The molecule has 0 bridgehead atoms. The van der Waals surface area contributed by atoms with Gasteiger partial charge in [0.15, 0.2) is 6.61 Å². The Kier molecular flexibility index (Phi) is 4.41. The second-order valence-electron chi connectivity index (χ2n) is 3.99. The van der Waals surface area contributed by atoms with Crippen molar-refractivity contribution in [3.05, 3.63) is 34.8 Å². The zero-order valence-corrected chi connectivity index (χ0v) is 11.6. The van der Waals surface area contributed by atoms with E-state index in [2.05, 4.69) is 15.5 Å². The lowest BCUT2D eigenvalue weighted by molar-refractivity contribution is -0.137. The van der Waals surface area contributed by atoms with Crippen molar-refractivity contribution in [2.75, 3.05) is 11.9 Å². The third-order valence-electron chi connectivity index (χ3n) is 2.30.